The van der Waals surface area contributed by atoms with Crippen LogP contribution in [-0.2, 0) is 9.53 Å². The van der Waals surface area contributed by atoms with E-state index in [1.807, 2.05) is 0 Å². The summed E-state index contributed by atoms with van der Waals surface area (Å²) in [4.78, 5) is 35.7. The molecule has 1 aliphatic heterocycles. The maximum absolute atomic E-state index is 12.1. The second-order valence-corrected chi connectivity index (χ2v) is 4.86. The van der Waals surface area contributed by atoms with Gasteiger partial charge < -0.3 is 25.8 Å². The smallest absolute Gasteiger partial charge is 0.450 e. The van der Waals surface area contributed by atoms with E-state index in [9.17, 15) is 14.4 Å². The molecule has 0 unspecified atom stereocenters. The van der Waals surface area contributed by atoms with Crippen LogP contribution in [0.25, 0.3) is 0 Å². The quantitative estimate of drug-likeness (QED) is 0.673. The van der Waals surface area contributed by atoms with Gasteiger partial charge in [0.25, 0.3) is 5.91 Å². The molecule has 118 valence electrons. The summed E-state index contributed by atoms with van der Waals surface area (Å²) in [7, 11) is 0. The summed E-state index contributed by atoms with van der Waals surface area (Å²) in [6.07, 6.45) is -2.22. The zero-order valence-electron chi connectivity index (χ0n) is 11.8. The third-order valence-electron chi connectivity index (χ3n) is 3.35. The van der Waals surface area contributed by atoms with Gasteiger partial charge in [0, 0.05) is 18.5 Å². The van der Waals surface area contributed by atoms with Crippen LogP contribution >= 0.6 is 0 Å². The van der Waals surface area contributed by atoms with Gasteiger partial charge in [-0.05, 0) is 12.1 Å². The fraction of sp³-hybridized carbons (Fsp3) is 0.357. The number of hydrogen-bond acceptors (Lipinski definition) is 5. The number of carboxylic acid groups (broad SMARTS) is 1. The van der Waals surface area contributed by atoms with E-state index in [1.54, 1.807) is 30.3 Å². The minimum Gasteiger partial charge on any atom is -0.450 e. The standard InChI is InChI=1S/C14H17N3O5/c15-7-11(18)17-8-10(6-12(17)22-14(20)21)16-13(19)9-4-2-1-3-5-9/h1-5,10,12H,6-8,15H2,(H,16,19)(H,20,21)/t10-,12-/m0/s1. The molecule has 2 amide bonds. The summed E-state index contributed by atoms with van der Waals surface area (Å²) >= 11 is 0. The summed E-state index contributed by atoms with van der Waals surface area (Å²) < 4.78 is 4.68. The van der Waals surface area contributed by atoms with Crippen LogP contribution in [-0.4, -0.2) is 53.3 Å². The predicted molar refractivity (Wildman–Crippen MR) is 76.0 cm³/mol. The lowest BCUT2D eigenvalue weighted by Crippen LogP contribution is -2.43. The number of nitrogens with one attached hydrogen (secondary N) is 1. The Morgan fingerprint density at radius 2 is 2.00 bits per heavy atom. The number of carbonyl (C=O) groups is 3. The topological polar surface area (TPSA) is 122 Å². The fourth-order valence-corrected chi connectivity index (χ4v) is 2.37. The molecule has 1 aliphatic rings. The highest BCUT2D eigenvalue weighted by Crippen LogP contribution is 2.19. The van der Waals surface area contributed by atoms with Gasteiger partial charge in [-0.2, -0.15) is 0 Å². The zero-order chi connectivity index (χ0) is 16.1. The van der Waals surface area contributed by atoms with E-state index in [-0.39, 0.29) is 25.4 Å². The number of carbonyl (C=O) groups excluding carboxylic acids is 2. The van der Waals surface area contributed by atoms with Gasteiger partial charge in [-0.25, -0.2) is 4.79 Å². The van der Waals surface area contributed by atoms with Gasteiger partial charge in [-0.1, -0.05) is 18.2 Å². The van der Waals surface area contributed by atoms with Crippen LogP contribution in [0.3, 0.4) is 0 Å². The van der Waals surface area contributed by atoms with Gasteiger partial charge in [-0.3, -0.25) is 9.59 Å². The third-order valence-corrected chi connectivity index (χ3v) is 3.35. The fourth-order valence-electron chi connectivity index (χ4n) is 2.37. The van der Waals surface area contributed by atoms with E-state index in [0.717, 1.165) is 0 Å². The van der Waals surface area contributed by atoms with E-state index >= 15 is 0 Å². The van der Waals surface area contributed by atoms with Crippen molar-refractivity contribution in [1.29, 1.82) is 0 Å². The maximum Gasteiger partial charge on any atom is 0.507 e. The molecule has 1 aromatic rings. The average Bonchev–Trinajstić information content (AvgIpc) is 2.89. The molecule has 0 saturated carbocycles. The third kappa shape index (κ3) is 3.73. The number of likely N-dealkylation sites (tertiary alicyclic amines) is 1. The maximum atomic E-state index is 12.1. The van der Waals surface area contributed by atoms with Gasteiger partial charge >= 0.3 is 6.16 Å². The molecule has 8 nitrogen and oxygen atoms in total. The van der Waals surface area contributed by atoms with Crippen LogP contribution < -0.4 is 11.1 Å². The van der Waals surface area contributed by atoms with Gasteiger partial charge in [0.15, 0.2) is 6.23 Å². The van der Waals surface area contributed by atoms with Crippen LogP contribution in [0.4, 0.5) is 4.79 Å². The van der Waals surface area contributed by atoms with Crippen LogP contribution in [0.5, 0.6) is 0 Å². The van der Waals surface area contributed by atoms with Crippen molar-refractivity contribution in [3.8, 4) is 0 Å². The molecule has 0 aliphatic carbocycles. The normalized spacial score (nSPS) is 20.5. The highest BCUT2D eigenvalue weighted by Gasteiger charge is 2.38. The van der Waals surface area contributed by atoms with Crippen molar-refractivity contribution in [3.63, 3.8) is 0 Å². The van der Waals surface area contributed by atoms with E-state index in [0.29, 0.717) is 5.56 Å². The lowest BCUT2D eigenvalue weighted by Gasteiger charge is -2.22. The first-order valence-corrected chi connectivity index (χ1v) is 6.76. The second kappa shape index (κ2) is 6.90. The van der Waals surface area contributed by atoms with Crippen LogP contribution in [0, 0.1) is 0 Å². The Morgan fingerprint density at radius 3 is 2.59 bits per heavy atom. The molecular weight excluding hydrogens is 290 g/mol. The molecular formula is C14H17N3O5. The van der Waals surface area contributed by atoms with Crippen molar-refractivity contribution in [2.75, 3.05) is 13.1 Å². The largest absolute Gasteiger partial charge is 0.507 e. The predicted octanol–water partition coefficient (Wildman–Crippen LogP) is -0.00330. The van der Waals surface area contributed by atoms with Crippen molar-refractivity contribution in [2.45, 2.75) is 18.7 Å². The minimum atomic E-state index is -1.48. The molecule has 1 fully saturated rings. The molecule has 1 heterocycles. The lowest BCUT2D eigenvalue weighted by molar-refractivity contribution is -0.137. The number of hydrogen-bond donors (Lipinski definition) is 3. The van der Waals surface area contributed by atoms with Crippen molar-refractivity contribution >= 4 is 18.0 Å². The molecule has 0 aromatic heterocycles. The number of nitrogens with two attached hydrogens (primary N) is 1. The molecule has 2 rings (SSSR count). The number of nitrogens with zero attached hydrogens (tertiary/aromatic N) is 1. The zero-order valence-corrected chi connectivity index (χ0v) is 11.8. The molecule has 1 aromatic carbocycles. The van der Waals surface area contributed by atoms with E-state index < -0.39 is 24.3 Å². The lowest BCUT2D eigenvalue weighted by atomic mass is 10.2. The van der Waals surface area contributed by atoms with E-state index in [2.05, 4.69) is 10.1 Å². The summed E-state index contributed by atoms with van der Waals surface area (Å²) in [6, 6.07) is 8.21. The number of ether oxygens (including phenoxy) is 1. The summed E-state index contributed by atoms with van der Waals surface area (Å²) in [5.74, 6) is -0.718. The first kappa shape index (κ1) is 15.8. The monoisotopic (exact) mass is 307 g/mol. The Balaban J connectivity index is 2.02. The van der Waals surface area contributed by atoms with E-state index in [1.165, 1.54) is 4.90 Å². The number of amides is 2. The van der Waals surface area contributed by atoms with Crippen LogP contribution in [0.2, 0.25) is 0 Å². The first-order valence-electron chi connectivity index (χ1n) is 6.76. The van der Waals surface area contributed by atoms with Crippen LogP contribution in [0.1, 0.15) is 16.8 Å². The van der Waals surface area contributed by atoms with Crippen molar-refractivity contribution < 1.29 is 24.2 Å². The average molecular weight is 307 g/mol. The Kier molecular flexibility index (Phi) is 4.95. The molecule has 0 radical (unpaired) electrons. The highest BCUT2D eigenvalue weighted by molar-refractivity contribution is 5.94. The first-order chi connectivity index (χ1) is 10.5. The Labute approximate surface area is 126 Å². The second-order valence-electron chi connectivity index (χ2n) is 4.86. The SMILES string of the molecule is NCC(=O)N1C[C@@H](NC(=O)c2ccccc2)C[C@@H]1OC(=O)O. The van der Waals surface area contributed by atoms with Crippen molar-refractivity contribution in [3.05, 3.63) is 35.9 Å². The number of benzene rings is 1. The molecule has 0 bridgehead atoms. The van der Waals surface area contributed by atoms with Crippen LogP contribution in [0.15, 0.2) is 30.3 Å². The molecule has 0 spiro atoms. The molecule has 2 atom stereocenters. The number of rotatable bonds is 4. The van der Waals surface area contributed by atoms with E-state index in [4.69, 9.17) is 10.8 Å². The summed E-state index contributed by atoms with van der Waals surface area (Å²) in [6.45, 7) is -0.0919. The Morgan fingerprint density at radius 1 is 1.32 bits per heavy atom. The highest BCUT2D eigenvalue weighted by atomic mass is 16.7. The summed E-state index contributed by atoms with van der Waals surface area (Å²) in [5.41, 5.74) is 5.79. The van der Waals surface area contributed by atoms with Crippen molar-refractivity contribution in [2.24, 2.45) is 5.73 Å². The Hall–Kier alpha value is -2.61. The van der Waals surface area contributed by atoms with Gasteiger partial charge in [0.1, 0.15) is 0 Å². The van der Waals surface area contributed by atoms with Gasteiger partial charge in [0.05, 0.1) is 12.6 Å². The molecule has 22 heavy (non-hydrogen) atoms. The minimum absolute atomic E-state index is 0.159. The van der Waals surface area contributed by atoms with Gasteiger partial charge in [-0.15, -0.1) is 0 Å². The summed E-state index contributed by atoms with van der Waals surface area (Å²) in [5, 5.41) is 11.5. The molecule has 4 N–H and O–H groups in total. The Bertz CT molecular complexity index is 563. The molecule has 1 saturated heterocycles. The van der Waals surface area contributed by atoms with Crippen molar-refractivity contribution in [1.82, 2.24) is 10.2 Å². The molecule has 8 heteroatoms. The van der Waals surface area contributed by atoms with Gasteiger partial charge in [0.2, 0.25) is 5.91 Å².